The van der Waals surface area contributed by atoms with Crippen molar-refractivity contribution < 1.29 is 34.8 Å². The second-order valence-electron chi connectivity index (χ2n) is 9.23. The lowest BCUT2D eigenvalue weighted by atomic mass is 10.1. The molecule has 2 heterocycles. The molecule has 2 saturated heterocycles. The van der Waals surface area contributed by atoms with E-state index in [1.807, 2.05) is 0 Å². The second-order valence-corrected chi connectivity index (χ2v) is 12.9. The molecule has 0 spiro atoms. The summed E-state index contributed by atoms with van der Waals surface area (Å²) in [5.41, 5.74) is -1.45. The van der Waals surface area contributed by atoms with E-state index in [1.165, 1.54) is 24.3 Å². The number of likely N-dealkylation sites (tertiary alicyclic amines) is 2. The van der Waals surface area contributed by atoms with Gasteiger partial charge in [0.25, 0.3) is 0 Å². The zero-order chi connectivity index (χ0) is 26.8. The van der Waals surface area contributed by atoms with Crippen LogP contribution < -0.4 is 4.72 Å². The van der Waals surface area contributed by atoms with Crippen molar-refractivity contribution in [2.45, 2.75) is 52.6 Å². The predicted octanol–water partition coefficient (Wildman–Crippen LogP) is 3.33. The van der Waals surface area contributed by atoms with Crippen molar-refractivity contribution in [1.29, 1.82) is 0 Å². The van der Waals surface area contributed by atoms with E-state index >= 15 is 0 Å². The third-order valence-corrected chi connectivity index (χ3v) is 9.97. The number of sulfonamides is 1. The maximum absolute atomic E-state index is 13.7. The zero-order valence-electron chi connectivity index (χ0n) is 20.4. The first-order chi connectivity index (χ1) is 17.4. The van der Waals surface area contributed by atoms with Crippen LogP contribution >= 0.6 is 12.4 Å². The van der Waals surface area contributed by atoms with Crippen LogP contribution in [-0.4, -0.2) is 71.3 Å². The molecule has 0 radical (unpaired) electrons. The van der Waals surface area contributed by atoms with Gasteiger partial charge in [-0.05, 0) is 69.1 Å². The standard InChI is InChI=1S/C24H28F3N3O5S2.ClH/c25-24(26,27)21-9-8-20(36(32,33)19-6-2-1-3-7-19)16-22(21)37(34,35)28-18-10-14-30(15-11-18)23(31)17-29-12-4-5-13-29;/h1-3,6-9,16,18,28H,4-5,10-15,17H2;1H. The van der Waals surface area contributed by atoms with Crippen LogP contribution in [0.1, 0.15) is 31.2 Å². The number of benzene rings is 2. The minimum Gasteiger partial charge on any atom is -0.341 e. The fraction of sp³-hybridized carbons (Fsp3) is 0.458. The van der Waals surface area contributed by atoms with Gasteiger partial charge in [0.05, 0.1) is 26.8 Å². The number of rotatable bonds is 7. The quantitative estimate of drug-likeness (QED) is 0.527. The number of halogens is 4. The van der Waals surface area contributed by atoms with Crippen LogP contribution in [0.25, 0.3) is 0 Å². The Morgan fingerprint density at radius 2 is 1.50 bits per heavy atom. The van der Waals surface area contributed by atoms with Gasteiger partial charge in [-0.3, -0.25) is 9.69 Å². The summed E-state index contributed by atoms with van der Waals surface area (Å²) in [5, 5.41) is 0. The molecule has 0 atom stereocenters. The van der Waals surface area contributed by atoms with Gasteiger partial charge in [-0.15, -0.1) is 12.4 Å². The minimum atomic E-state index is -5.02. The number of hydrogen-bond acceptors (Lipinski definition) is 6. The summed E-state index contributed by atoms with van der Waals surface area (Å²) in [7, 11) is -8.99. The Morgan fingerprint density at radius 3 is 2.08 bits per heavy atom. The molecule has 1 amide bonds. The number of nitrogens with one attached hydrogen (secondary N) is 1. The number of nitrogens with zero attached hydrogens (tertiary/aromatic N) is 2. The number of alkyl halides is 3. The van der Waals surface area contributed by atoms with Crippen LogP contribution in [0.3, 0.4) is 0 Å². The van der Waals surface area contributed by atoms with Gasteiger partial charge in [-0.1, -0.05) is 18.2 Å². The summed E-state index contributed by atoms with van der Waals surface area (Å²) in [5.74, 6) is -0.0543. The van der Waals surface area contributed by atoms with Crippen molar-refractivity contribution in [2.24, 2.45) is 0 Å². The molecule has 0 bridgehead atoms. The van der Waals surface area contributed by atoms with Gasteiger partial charge in [0.15, 0.2) is 0 Å². The van der Waals surface area contributed by atoms with Gasteiger partial charge < -0.3 is 4.90 Å². The van der Waals surface area contributed by atoms with Crippen LogP contribution in [-0.2, 0) is 30.8 Å². The predicted molar refractivity (Wildman–Crippen MR) is 136 cm³/mol. The molecule has 14 heteroatoms. The molecule has 0 unspecified atom stereocenters. The van der Waals surface area contributed by atoms with E-state index < -0.39 is 47.4 Å². The largest absolute Gasteiger partial charge is 0.417 e. The van der Waals surface area contributed by atoms with Gasteiger partial charge >= 0.3 is 6.18 Å². The van der Waals surface area contributed by atoms with E-state index in [0.29, 0.717) is 18.7 Å². The summed E-state index contributed by atoms with van der Waals surface area (Å²) < 4.78 is 95.7. The molecular formula is C24H29ClF3N3O5S2. The third kappa shape index (κ3) is 6.87. The molecule has 4 rings (SSSR count). The highest BCUT2D eigenvalue weighted by Gasteiger charge is 2.39. The molecule has 1 N–H and O–H groups in total. The minimum absolute atomic E-state index is 0. The highest BCUT2D eigenvalue weighted by Crippen LogP contribution is 2.36. The van der Waals surface area contributed by atoms with E-state index in [-0.39, 0.29) is 49.1 Å². The molecule has 210 valence electrons. The summed E-state index contributed by atoms with van der Waals surface area (Å²) in [6, 6.07) is 8.14. The van der Waals surface area contributed by atoms with Crippen molar-refractivity contribution in [3.63, 3.8) is 0 Å². The Labute approximate surface area is 226 Å². The number of amides is 1. The van der Waals surface area contributed by atoms with Gasteiger partial charge in [0, 0.05) is 19.1 Å². The number of hydrogen-bond donors (Lipinski definition) is 1. The van der Waals surface area contributed by atoms with Crippen LogP contribution in [0, 0.1) is 0 Å². The summed E-state index contributed by atoms with van der Waals surface area (Å²) >= 11 is 0. The van der Waals surface area contributed by atoms with E-state index in [1.54, 1.807) is 11.0 Å². The topological polar surface area (TPSA) is 104 Å². The molecule has 2 aromatic carbocycles. The molecule has 2 fully saturated rings. The first kappa shape index (κ1) is 30.4. The normalized spacial score (nSPS) is 17.8. The fourth-order valence-corrected chi connectivity index (χ4v) is 7.56. The average Bonchev–Trinajstić information content (AvgIpc) is 3.37. The number of carbonyl (C=O) groups is 1. The van der Waals surface area contributed by atoms with Crippen molar-refractivity contribution in [2.75, 3.05) is 32.7 Å². The first-order valence-corrected chi connectivity index (χ1v) is 14.9. The summed E-state index contributed by atoms with van der Waals surface area (Å²) in [4.78, 5) is 14.4. The van der Waals surface area contributed by atoms with Gasteiger partial charge in [0.2, 0.25) is 25.8 Å². The SMILES string of the molecule is Cl.O=C(CN1CCCC1)N1CCC(NS(=O)(=O)c2cc(S(=O)(=O)c3ccccc3)ccc2C(F)(F)F)CC1. The summed E-state index contributed by atoms with van der Waals surface area (Å²) in [6.07, 6.45) is -2.47. The van der Waals surface area contributed by atoms with E-state index in [9.17, 15) is 34.8 Å². The summed E-state index contributed by atoms with van der Waals surface area (Å²) in [6.45, 7) is 2.57. The molecular weight excluding hydrogens is 567 g/mol. The van der Waals surface area contributed by atoms with Crippen molar-refractivity contribution >= 4 is 38.2 Å². The monoisotopic (exact) mass is 595 g/mol. The number of carbonyl (C=O) groups excluding carboxylic acids is 1. The maximum Gasteiger partial charge on any atom is 0.417 e. The molecule has 0 aliphatic carbocycles. The van der Waals surface area contributed by atoms with Crippen molar-refractivity contribution in [1.82, 2.24) is 14.5 Å². The van der Waals surface area contributed by atoms with Crippen LogP contribution in [0.2, 0.25) is 0 Å². The molecule has 8 nitrogen and oxygen atoms in total. The van der Waals surface area contributed by atoms with E-state index in [0.717, 1.165) is 32.0 Å². The molecule has 0 aromatic heterocycles. The Kier molecular flexibility index (Phi) is 9.51. The van der Waals surface area contributed by atoms with Gasteiger partial charge in [-0.2, -0.15) is 13.2 Å². The molecule has 2 aliphatic heterocycles. The van der Waals surface area contributed by atoms with Crippen LogP contribution in [0.5, 0.6) is 0 Å². The number of sulfone groups is 1. The van der Waals surface area contributed by atoms with Crippen molar-refractivity contribution in [3.8, 4) is 0 Å². The number of piperidine rings is 1. The second kappa shape index (κ2) is 11.9. The van der Waals surface area contributed by atoms with E-state index in [4.69, 9.17) is 0 Å². The molecule has 2 aromatic rings. The molecule has 0 saturated carbocycles. The molecule has 38 heavy (non-hydrogen) atoms. The fourth-order valence-electron chi connectivity index (χ4n) is 4.62. The van der Waals surface area contributed by atoms with Crippen molar-refractivity contribution in [3.05, 3.63) is 54.1 Å². The van der Waals surface area contributed by atoms with E-state index in [2.05, 4.69) is 9.62 Å². The maximum atomic E-state index is 13.7. The highest BCUT2D eigenvalue weighted by molar-refractivity contribution is 7.91. The van der Waals surface area contributed by atoms with Gasteiger partial charge in [0.1, 0.15) is 0 Å². The highest BCUT2D eigenvalue weighted by atomic mass is 35.5. The smallest absolute Gasteiger partial charge is 0.341 e. The third-order valence-electron chi connectivity index (χ3n) is 6.64. The Hall–Kier alpha value is -2.19. The lowest BCUT2D eigenvalue weighted by Gasteiger charge is -2.33. The van der Waals surface area contributed by atoms with Crippen LogP contribution in [0.4, 0.5) is 13.2 Å². The van der Waals surface area contributed by atoms with Crippen LogP contribution in [0.15, 0.2) is 63.2 Å². The Balaban J connectivity index is 0.00000400. The lowest BCUT2D eigenvalue weighted by Crippen LogP contribution is -2.48. The zero-order valence-corrected chi connectivity index (χ0v) is 22.8. The average molecular weight is 596 g/mol. The molecule has 2 aliphatic rings. The lowest BCUT2D eigenvalue weighted by molar-refractivity contribution is -0.140. The first-order valence-electron chi connectivity index (χ1n) is 11.9. The Bertz CT molecular complexity index is 1340. The Morgan fingerprint density at radius 1 is 0.895 bits per heavy atom. The van der Waals surface area contributed by atoms with Gasteiger partial charge in [-0.25, -0.2) is 21.6 Å².